The first-order valence-electron chi connectivity index (χ1n) is 7.66. The summed E-state index contributed by atoms with van der Waals surface area (Å²) < 4.78 is 5.81. The lowest BCUT2D eigenvalue weighted by Crippen LogP contribution is -2.40. The van der Waals surface area contributed by atoms with Crippen molar-refractivity contribution in [3.63, 3.8) is 0 Å². The minimum Gasteiger partial charge on any atom is -0.423 e. The lowest BCUT2D eigenvalue weighted by molar-refractivity contribution is 0.174. The number of nitrogens with one attached hydrogen (secondary N) is 1. The second-order valence-corrected chi connectivity index (χ2v) is 7.07. The Balaban J connectivity index is 1.98. The lowest BCUT2D eigenvalue weighted by atomic mass is 9.97. The molecule has 1 fully saturated rings. The summed E-state index contributed by atoms with van der Waals surface area (Å²) >= 11 is 0. The monoisotopic (exact) mass is 280 g/mol. The Morgan fingerprint density at radius 1 is 1.35 bits per heavy atom. The molecule has 5 heteroatoms. The molecule has 0 amide bonds. The Hall–Kier alpha value is -0.940. The Kier molecular flexibility index (Phi) is 4.81. The first kappa shape index (κ1) is 15.4. The van der Waals surface area contributed by atoms with E-state index in [1.54, 1.807) is 0 Å². The van der Waals surface area contributed by atoms with Crippen molar-refractivity contribution in [2.45, 2.75) is 71.5 Å². The topological polar surface area (TPSA) is 54.2 Å². The molecular formula is C15H28N4O. The quantitative estimate of drug-likeness (QED) is 0.897. The molecule has 0 aromatic carbocycles. The molecule has 1 aromatic rings. The molecule has 0 aliphatic carbocycles. The lowest BCUT2D eigenvalue weighted by Gasteiger charge is -2.27. The Morgan fingerprint density at radius 3 is 2.60 bits per heavy atom. The molecule has 5 nitrogen and oxygen atoms in total. The number of aromatic nitrogens is 2. The minimum atomic E-state index is -0.0824. The summed E-state index contributed by atoms with van der Waals surface area (Å²) in [5.74, 6) is 1.44. The van der Waals surface area contributed by atoms with Crippen LogP contribution < -0.4 is 5.32 Å². The van der Waals surface area contributed by atoms with Gasteiger partial charge in [0.25, 0.3) is 0 Å². The van der Waals surface area contributed by atoms with Gasteiger partial charge in [-0.25, -0.2) is 0 Å². The molecule has 0 saturated carbocycles. The normalized spacial score (nSPS) is 20.2. The van der Waals surface area contributed by atoms with Crippen LogP contribution in [0.4, 0.5) is 0 Å². The second-order valence-electron chi connectivity index (χ2n) is 7.07. The highest BCUT2D eigenvalue weighted by molar-refractivity contribution is 4.96. The SMILES string of the molecule is CC(C)N(Cc1nnc(C(C)(C)C)o1)CC1CCCN1. The predicted molar refractivity (Wildman–Crippen MR) is 79.6 cm³/mol. The van der Waals surface area contributed by atoms with Crippen LogP contribution >= 0.6 is 0 Å². The number of nitrogens with zero attached hydrogens (tertiary/aromatic N) is 3. The molecule has 1 unspecified atom stereocenters. The van der Waals surface area contributed by atoms with Crippen molar-refractivity contribution in [2.24, 2.45) is 0 Å². The van der Waals surface area contributed by atoms with Gasteiger partial charge >= 0.3 is 0 Å². The third kappa shape index (κ3) is 4.03. The summed E-state index contributed by atoms with van der Waals surface area (Å²) in [6, 6.07) is 1.07. The van der Waals surface area contributed by atoms with Gasteiger partial charge in [0, 0.05) is 24.0 Å². The zero-order chi connectivity index (χ0) is 14.8. The fraction of sp³-hybridized carbons (Fsp3) is 0.867. The molecule has 1 atom stereocenters. The van der Waals surface area contributed by atoms with Gasteiger partial charge in [-0.2, -0.15) is 0 Å². The van der Waals surface area contributed by atoms with Gasteiger partial charge in [0.15, 0.2) is 0 Å². The van der Waals surface area contributed by atoms with Crippen molar-refractivity contribution in [2.75, 3.05) is 13.1 Å². The molecule has 114 valence electrons. The summed E-state index contributed by atoms with van der Waals surface area (Å²) in [6.07, 6.45) is 2.55. The molecule has 20 heavy (non-hydrogen) atoms. The van der Waals surface area contributed by atoms with Crippen LogP contribution in [0.25, 0.3) is 0 Å². The zero-order valence-electron chi connectivity index (χ0n) is 13.4. The molecule has 1 aromatic heterocycles. The van der Waals surface area contributed by atoms with Crippen molar-refractivity contribution in [3.8, 4) is 0 Å². The number of hydrogen-bond donors (Lipinski definition) is 1. The number of rotatable bonds is 5. The van der Waals surface area contributed by atoms with Crippen LogP contribution in [-0.4, -0.2) is 40.3 Å². The van der Waals surface area contributed by atoms with E-state index in [2.05, 4.69) is 55.0 Å². The Labute approximate surface area is 122 Å². The Bertz CT molecular complexity index is 416. The third-order valence-corrected chi connectivity index (χ3v) is 3.79. The van der Waals surface area contributed by atoms with E-state index in [0.29, 0.717) is 12.1 Å². The minimum absolute atomic E-state index is 0.0824. The highest BCUT2D eigenvalue weighted by Gasteiger charge is 2.24. The molecule has 1 aliphatic rings. The van der Waals surface area contributed by atoms with Crippen molar-refractivity contribution in [1.29, 1.82) is 0 Å². The van der Waals surface area contributed by atoms with E-state index in [-0.39, 0.29) is 5.41 Å². The van der Waals surface area contributed by atoms with Crippen LogP contribution in [-0.2, 0) is 12.0 Å². The van der Waals surface area contributed by atoms with Gasteiger partial charge in [0.1, 0.15) is 0 Å². The van der Waals surface area contributed by atoms with Crippen LogP contribution in [0.1, 0.15) is 59.2 Å². The first-order valence-corrected chi connectivity index (χ1v) is 7.66. The molecule has 0 radical (unpaired) electrons. The second kappa shape index (κ2) is 6.22. The van der Waals surface area contributed by atoms with Crippen molar-refractivity contribution >= 4 is 0 Å². The summed E-state index contributed by atoms with van der Waals surface area (Å²) in [5, 5.41) is 11.9. The molecular weight excluding hydrogens is 252 g/mol. The smallest absolute Gasteiger partial charge is 0.230 e. The number of hydrogen-bond acceptors (Lipinski definition) is 5. The largest absolute Gasteiger partial charge is 0.423 e. The van der Waals surface area contributed by atoms with E-state index in [1.807, 2.05) is 0 Å². The standard InChI is InChI=1S/C15H28N4O/c1-11(2)19(9-12-7-6-8-16-12)10-13-17-18-14(20-13)15(3,4)5/h11-12,16H,6-10H2,1-5H3. The van der Waals surface area contributed by atoms with Crippen molar-refractivity contribution in [3.05, 3.63) is 11.8 Å². The molecule has 2 rings (SSSR count). The van der Waals surface area contributed by atoms with Crippen molar-refractivity contribution in [1.82, 2.24) is 20.4 Å². The predicted octanol–water partition coefficient (Wildman–Crippen LogP) is 2.33. The average Bonchev–Trinajstić information content (AvgIpc) is 2.97. The van der Waals surface area contributed by atoms with Crippen LogP contribution in [0.5, 0.6) is 0 Å². The third-order valence-electron chi connectivity index (χ3n) is 3.79. The van der Waals surface area contributed by atoms with E-state index < -0.39 is 0 Å². The molecule has 0 spiro atoms. The average molecular weight is 280 g/mol. The zero-order valence-corrected chi connectivity index (χ0v) is 13.4. The van der Waals surface area contributed by atoms with E-state index in [0.717, 1.165) is 31.4 Å². The molecule has 1 aliphatic heterocycles. The van der Waals surface area contributed by atoms with Gasteiger partial charge in [0.05, 0.1) is 6.54 Å². The van der Waals surface area contributed by atoms with Gasteiger partial charge in [0.2, 0.25) is 11.8 Å². The van der Waals surface area contributed by atoms with E-state index in [4.69, 9.17) is 4.42 Å². The van der Waals surface area contributed by atoms with E-state index in [9.17, 15) is 0 Å². The molecule has 0 bridgehead atoms. The summed E-state index contributed by atoms with van der Waals surface area (Å²) in [5.41, 5.74) is -0.0824. The first-order chi connectivity index (χ1) is 9.36. The fourth-order valence-corrected chi connectivity index (χ4v) is 2.45. The maximum absolute atomic E-state index is 5.81. The molecule has 1 saturated heterocycles. The summed E-state index contributed by atoms with van der Waals surface area (Å²) in [4.78, 5) is 2.41. The van der Waals surface area contributed by atoms with Crippen LogP contribution in [0.3, 0.4) is 0 Å². The van der Waals surface area contributed by atoms with Crippen LogP contribution in [0.2, 0.25) is 0 Å². The maximum atomic E-state index is 5.81. The summed E-state index contributed by atoms with van der Waals surface area (Å²) in [7, 11) is 0. The van der Waals surface area contributed by atoms with Gasteiger partial charge in [-0.3, -0.25) is 4.90 Å². The maximum Gasteiger partial charge on any atom is 0.230 e. The van der Waals surface area contributed by atoms with Crippen LogP contribution in [0, 0.1) is 0 Å². The Morgan fingerprint density at radius 2 is 2.10 bits per heavy atom. The van der Waals surface area contributed by atoms with Crippen molar-refractivity contribution < 1.29 is 4.42 Å². The van der Waals surface area contributed by atoms with E-state index in [1.165, 1.54) is 12.8 Å². The van der Waals surface area contributed by atoms with Gasteiger partial charge in [-0.1, -0.05) is 20.8 Å². The molecule has 2 heterocycles. The fourth-order valence-electron chi connectivity index (χ4n) is 2.45. The van der Waals surface area contributed by atoms with E-state index >= 15 is 0 Å². The van der Waals surface area contributed by atoms with Gasteiger partial charge in [-0.05, 0) is 33.2 Å². The highest BCUT2D eigenvalue weighted by atomic mass is 16.4. The summed E-state index contributed by atoms with van der Waals surface area (Å²) in [6.45, 7) is 13.6. The molecule has 1 N–H and O–H groups in total. The van der Waals surface area contributed by atoms with Gasteiger partial charge < -0.3 is 9.73 Å². The highest BCUT2D eigenvalue weighted by Crippen LogP contribution is 2.21. The van der Waals surface area contributed by atoms with Gasteiger partial charge in [-0.15, -0.1) is 10.2 Å². The van der Waals surface area contributed by atoms with Crippen LogP contribution in [0.15, 0.2) is 4.42 Å².